The molecular weight excluding hydrogens is 361 g/mol. The summed E-state index contributed by atoms with van der Waals surface area (Å²) in [7, 11) is 3.97. The fourth-order valence-electron chi connectivity index (χ4n) is 3.30. The number of carbonyl (C=O) groups is 2. The van der Waals surface area contributed by atoms with Crippen molar-refractivity contribution in [3.63, 3.8) is 0 Å². The molecule has 0 atom stereocenters. The molecule has 8 heteroatoms. The maximum Gasteiger partial charge on any atom is 0.287 e. The van der Waals surface area contributed by atoms with Gasteiger partial charge in [0.05, 0.1) is 5.69 Å². The maximum absolute atomic E-state index is 13.1. The number of carbonyl (C=O) groups excluding carboxylic acids is 2. The third-order valence-corrected chi connectivity index (χ3v) is 4.71. The number of hydrogen-bond acceptors (Lipinski definition) is 4. The highest BCUT2D eigenvalue weighted by Gasteiger charge is 2.27. The Morgan fingerprint density at radius 1 is 1.18 bits per heavy atom. The molecule has 150 valence electrons. The standard InChI is InChI=1S/C20H26FN5O2/c1-25(2)12-5-11-22-20(28)18-24-17(16-6-3-4-13-26(16)18)19(27)23-15-9-7-14(21)8-10-15/h7-10H,3-6,11-13H2,1-2H3,(H,22,28)(H,23,27). The van der Waals surface area contributed by atoms with Crippen LogP contribution in [0, 0.1) is 5.82 Å². The molecule has 1 aliphatic rings. The first-order valence-electron chi connectivity index (χ1n) is 9.55. The number of fused-ring (bicyclic) bond motifs is 1. The van der Waals surface area contributed by atoms with Gasteiger partial charge in [0.1, 0.15) is 5.82 Å². The molecule has 1 aromatic heterocycles. The van der Waals surface area contributed by atoms with Gasteiger partial charge in [0.15, 0.2) is 11.5 Å². The Morgan fingerprint density at radius 3 is 2.64 bits per heavy atom. The molecule has 0 saturated carbocycles. The molecule has 2 heterocycles. The second-order valence-corrected chi connectivity index (χ2v) is 7.21. The van der Waals surface area contributed by atoms with Gasteiger partial charge < -0.3 is 20.1 Å². The van der Waals surface area contributed by atoms with Gasteiger partial charge in [0.25, 0.3) is 11.8 Å². The van der Waals surface area contributed by atoms with Gasteiger partial charge in [-0.25, -0.2) is 9.37 Å². The predicted molar refractivity (Wildman–Crippen MR) is 105 cm³/mol. The van der Waals surface area contributed by atoms with Crippen LogP contribution in [0.3, 0.4) is 0 Å². The third kappa shape index (κ3) is 4.75. The van der Waals surface area contributed by atoms with Crippen LogP contribution >= 0.6 is 0 Å². The van der Waals surface area contributed by atoms with Crippen LogP contribution in [-0.4, -0.2) is 53.5 Å². The summed E-state index contributed by atoms with van der Waals surface area (Å²) in [6.07, 6.45) is 3.44. The van der Waals surface area contributed by atoms with E-state index in [1.165, 1.54) is 24.3 Å². The van der Waals surface area contributed by atoms with Crippen LogP contribution in [0.5, 0.6) is 0 Å². The average molecular weight is 387 g/mol. The maximum atomic E-state index is 13.1. The minimum atomic E-state index is -0.385. The number of rotatable bonds is 7. The zero-order valence-corrected chi connectivity index (χ0v) is 16.3. The number of benzene rings is 1. The topological polar surface area (TPSA) is 79.3 Å². The fraction of sp³-hybridized carbons (Fsp3) is 0.450. The number of nitrogens with one attached hydrogen (secondary N) is 2. The number of amides is 2. The quantitative estimate of drug-likeness (QED) is 0.715. The molecular formula is C20H26FN5O2. The number of imidazole rings is 1. The number of aromatic nitrogens is 2. The Morgan fingerprint density at radius 2 is 1.93 bits per heavy atom. The largest absolute Gasteiger partial charge is 0.349 e. The van der Waals surface area contributed by atoms with Gasteiger partial charge in [-0.15, -0.1) is 0 Å². The summed E-state index contributed by atoms with van der Waals surface area (Å²) in [6, 6.07) is 5.55. The summed E-state index contributed by atoms with van der Waals surface area (Å²) in [5.74, 6) is -0.735. The Hall–Kier alpha value is -2.74. The van der Waals surface area contributed by atoms with Gasteiger partial charge in [-0.05, 0) is 70.6 Å². The van der Waals surface area contributed by atoms with Crippen LogP contribution < -0.4 is 10.6 Å². The number of halogens is 1. The number of hydrogen-bond donors (Lipinski definition) is 2. The van der Waals surface area contributed by atoms with Gasteiger partial charge in [-0.3, -0.25) is 9.59 Å². The minimum absolute atomic E-state index is 0.261. The van der Waals surface area contributed by atoms with E-state index in [2.05, 4.69) is 20.5 Å². The summed E-state index contributed by atoms with van der Waals surface area (Å²) in [6.45, 7) is 2.11. The molecule has 2 aromatic rings. The van der Waals surface area contributed by atoms with Crippen molar-refractivity contribution >= 4 is 17.5 Å². The van der Waals surface area contributed by atoms with Crippen LogP contribution in [-0.2, 0) is 13.0 Å². The summed E-state index contributed by atoms with van der Waals surface area (Å²) in [5.41, 5.74) is 1.53. The molecule has 28 heavy (non-hydrogen) atoms. The fourth-order valence-corrected chi connectivity index (χ4v) is 3.30. The smallest absolute Gasteiger partial charge is 0.287 e. The van der Waals surface area contributed by atoms with E-state index in [9.17, 15) is 14.0 Å². The highest BCUT2D eigenvalue weighted by molar-refractivity contribution is 6.05. The van der Waals surface area contributed by atoms with Crippen molar-refractivity contribution in [3.8, 4) is 0 Å². The monoisotopic (exact) mass is 387 g/mol. The number of anilines is 1. The van der Waals surface area contributed by atoms with Crippen molar-refractivity contribution in [1.29, 1.82) is 0 Å². The van der Waals surface area contributed by atoms with Crippen molar-refractivity contribution in [1.82, 2.24) is 19.8 Å². The molecule has 1 aromatic carbocycles. The van der Waals surface area contributed by atoms with E-state index in [-0.39, 0.29) is 29.1 Å². The van der Waals surface area contributed by atoms with Crippen LogP contribution in [0.25, 0.3) is 0 Å². The predicted octanol–water partition coefficient (Wildman–Crippen LogP) is 2.29. The highest BCUT2D eigenvalue weighted by atomic mass is 19.1. The Bertz CT molecular complexity index is 845. The van der Waals surface area contributed by atoms with Crippen LogP contribution in [0.2, 0.25) is 0 Å². The molecule has 0 radical (unpaired) electrons. The first-order valence-corrected chi connectivity index (χ1v) is 9.55. The Balaban J connectivity index is 1.75. The summed E-state index contributed by atoms with van der Waals surface area (Å²) in [4.78, 5) is 31.8. The Labute approximate surface area is 163 Å². The molecule has 0 unspecified atom stereocenters. The zero-order valence-electron chi connectivity index (χ0n) is 16.3. The Kier molecular flexibility index (Phi) is 6.41. The van der Waals surface area contributed by atoms with E-state index in [4.69, 9.17) is 0 Å². The SMILES string of the molecule is CN(C)CCCNC(=O)c1nc(C(=O)Nc2ccc(F)cc2)c2n1CCCC2. The lowest BCUT2D eigenvalue weighted by atomic mass is 10.1. The van der Waals surface area contributed by atoms with E-state index >= 15 is 0 Å². The minimum Gasteiger partial charge on any atom is -0.349 e. The molecule has 0 saturated heterocycles. The second kappa shape index (κ2) is 8.97. The van der Waals surface area contributed by atoms with Crippen molar-refractivity contribution < 1.29 is 14.0 Å². The first kappa shape index (κ1) is 20.0. The average Bonchev–Trinajstić information content (AvgIpc) is 3.07. The van der Waals surface area contributed by atoms with Crippen molar-refractivity contribution in [2.75, 3.05) is 32.5 Å². The van der Waals surface area contributed by atoms with Gasteiger partial charge in [-0.2, -0.15) is 0 Å². The zero-order chi connectivity index (χ0) is 20.1. The van der Waals surface area contributed by atoms with Crippen LogP contribution in [0.15, 0.2) is 24.3 Å². The first-order chi connectivity index (χ1) is 13.5. The van der Waals surface area contributed by atoms with E-state index in [0.717, 1.165) is 31.5 Å². The van der Waals surface area contributed by atoms with Crippen molar-refractivity contribution in [2.24, 2.45) is 0 Å². The molecule has 2 amide bonds. The molecule has 2 N–H and O–H groups in total. The lowest BCUT2D eigenvalue weighted by molar-refractivity contribution is 0.0936. The van der Waals surface area contributed by atoms with Crippen LogP contribution in [0.4, 0.5) is 10.1 Å². The number of nitrogens with zero attached hydrogens (tertiary/aromatic N) is 3. The lowest BCUT2D eigenvalue weighted by Crippen LogP contribution is -2.30. The molecule has 3 rings (SSSR count). The van der Waals surface area contributed by atoms with Crippen molar-refractivity contribution in [3.05, 3.63) is 47.3 Å². The lowest BCUT2D eigenvalue weighted by Gasteiger charge is -2.17. The summed E-state index contributed by atoms with van der Waals surface area (Å²) >= 11 is 0. The van der Waals surface area contributed by atoms with E-state index < -0.39 is 0 Å². The summed E-state index contributed by atoms with van der Waals surface area (Å²) in [5, 5.41) is 5.62. The molecule has 0 spiro atoms. The molecule has 0 fully saturated rings. The molecule has 0 bridgehead atoms. The van der Waals surface area contributed by atoms with Crippen molar-refractivity contribution in [2.45, 2.75) is 32.2 Å². The van der Waals surface area contributed by atoms with E-state index in [1.54, 1.807) is 0 Å². The molecule has 0 aliphatic carbocycles. The van der Waals surface area contributed by atoms with Gasteiger partial charge in [0, 0.05) is 18.8 Å². The van der Waals surface area contributed by atoms with Gasteiger partial charge in [0.2, 0.25) is 0 Å². The highest BCUT2D eigenvalue weighted by Crippen LogP contribution is 2.22. The van der Waals surface area contributed by atoms with Gasteiger partial charge >= 0.3 is 0 Å². The van der Waals surface area contributed by atoms with E-state index in [0.29, 0.717) is 25.2 Å². The second-order valence-electron chi connectivity index (χ2n) is 7.21. The summed E-state index contributed by atoms with van der Waals surface area (Å²) < 4.78 is 14.9. The van der Waals surface area contributed by atoms with E-state index in [1.807, 2.05) is 18.7 Å². The molecule has 1 aliphatic heterocycles. The third-order valence-electron chi connectivity index (χ3n) is 4.71. The normalized spacial score (nSPS) is 13.3. The molecule has 7 nitrogen and oxygen atoms in total. The van der Waals surface area contributed by atoms with Gasteiger partial charge in [-0.1, -0.05) is 0 Å². The van der Waals surface area contributed by atoms with Crippen LogP contribution in [0.1, 0.15) is 46.1 Å².